The van der Waals surface area contributed by atoms with Crippen LogP contribution in [0, 0.1) is 0 Å². The molecule has 3 heteroatoms. The predicted molar refractivity (Wildman–Crippen MR) is 50.4 cm³/mol. The second kappa shape index (κ2) is 4.26. The minimum absolute atomic E-state index is 0.0869. The minimum Gasteiger partial charge on any atom is -0.481 e. The number of halogens is 1. The van der Waals surface area contributed by atoms with Crippen LogP contribution in [0.4, 0.5) is 0 Å². The van der Waals surface area contributed by atoms with Crippen LogP contribution >= 0.6 is 15.9 Å². The summed E-state index contributed by atoms with van der Waals surface area (Å²) in [6.45, 7) is 0. The van der Waals surface area contributed by atoms with E-state index in [4.69, 9.17) is 5.11 Å². The highest BCUT2D eigenvalue weighted by Crippen LogP contribution is 2.25. The fraction of sp³-hybridized carbons (Fsp3) is 0.222. The summed E-state index contributed by atoms with van der Waals surface area (Å²) < 4.78 is 0. The van der Waals surface area contributed by atoms with E-state index >= 15 is 0 Å². The van der Waals surface area contributed by atoms with Gasteiger partial charge in [-0.3, -0.25) is 4.79 Å². The van der Waals surface area contributed by atoms with Crippen molar-refractivity contribution >= 4 is 21.9 Å². The van der Waals surface area contributed by atoms with E-state index in [0.717, 1.165) is 5.56 Å². The number of rotatable bonds is 3. The van der Waals surface area contributed by atoms with Crippen LogP contribution in [0.15, 0.2) is 30.3 Å². The van der Waals surface area contributed by atoms with Gasteiger partial charge in [-0.15, -0.1) is 0 Å². The third kappa shape index (κ3) is 2.66. The molecule has 1 N–H and O–H groups in total. The maximum absolute atomic E-state index is 10.4. The molecule has 0 unspecified atom stereocenters. The van der Waals surface area contributed by atoms with Crippen molar-refractivity contribution in [3.63, 3.8) is 0 Å². The molecule has 0 saturated heterocycles. The van der Waals surface area contributed by atoms with Gasteiger partial charge in [-0.25, -0.2) is 0 Å². The first-order valence-corrected chi connectivity index (χ1v) is 4.52. The van der Waals surface area contributed by atoms with Crippen LogP contribution in [0.25, 0.3) is 0 Å². The summed E-state index contributed by atoms with van der Waals surface area (Å²) in [5.74, 6) is -0.791. The third-order valence-corrected chi connectivity index (χ3v) is 2.37. The highest BCUT2D eigenvalue weighted by atomic mass is 79.9. The molecule has 2 nitrogen and oxygen atoms in total. The highest BCUT2D eigenvalue weighted by molar-refractivity contribution is 9.09. The first kappa shape index (κ1) is 9.26. The molecule has 0 heterocycles. The van der Waals surface area contributed by atoms with Gasteiger partial charge in [0.15, 0.2) is 0 Å². The maximum Gasteiger partial charge on any atom is 0.304 e. The number of hydrogen-bond donors (Lipinski definition) is 1. The average Bonchev–Trinajstić information content (AvgIpc) is 2.05. The molecule has 0 radical (unpaired) electrons. The van der Waals surface area contributed by atoms with Crippen molar-refractivity contribution in [2.75, 3.05) is 0 Å². The Labute approximate surface area is 79.3 Å². The molecule has 0 saturated carbocycles. The summed E-state index contributed by atoms with van der Waals surface area (Å²) in [7, 11) is 0. The number of carboxylic acids is 1. The standard InChI is InChI=1S/C9H9BrO2/c10-8(6-9(11)12)7-4-2-1-3-5-7/h1-5,8H,6H2,(H,11,12)/t8-/m0/s1. The molecule has 0 bridgehead atoms. The minimum atomic E-state index is -0.791. The molecular weight excluding hydrogens is 220 g/mol. The van der Waals surface area contributed by atoms with Crippen LogP contribution in [-0.2, 0) is 4.79 Å². The zero-order valence-corrected chi connectivity index (χ0v) is 7.99. The van der Waals surface area contributed by atoms with Gasteiger partial charge in [-0.1, -0.05) is 46.3 Å². The van der Waals surface area contributed by atoms with Crippen molar-refractivity contribution in [1.82, 2.24) is 0 Å². The summed E-state index contributed by atoms with van der Waals surface area (Å²) >= 11 is 3.31. The largest absolute Gasteiger partial charge is 0.481 e. The van der Waals surface area contributed by atoms with Gasteiger partial charge in [0.05, 0.1) is 6.42 Å². The Bertz CT molecular complexity index is 258. The molecular formula is C9H9BrO2. The molecule has 1 aromatic rings. The van der Waals surface area contributed by atoms with Crippen LogP contribution in [0.1, 0.15) is 16.8 Å². The normalized spacial score (nSPS) is 12.4. The van der Waals surface area contributed by atoms with Gasteiger partial charge < -0.3 is 5.11 Å². The molecule has 0 amide bonds. The Morgan fingerprint density at radius 3 is 2.50 bits per heavy atom. The van der Waals surface area contributed by atoms with Crippen molar-refractivity contribution in [1.29, 1.82) is 0 Å². The highest BCUT2D eigenvalue weighted by Gasteiger charge is 2.10. The quantitative estimate of drug-likeness (QED) is 0.808. The Morgan fingerprint density at radius 1 is 1.42 bits per heavy atom. The molecule has 1 aromatic carbocycles. The monoisotopic (exact) mass is 228 g/mol. The van der Waals surface area contributed by atoms with E-state index in [1.807, 2.05) is 30.3 Å². The summed E-state index contributed by atoms with van der Waals surface area (Å²) in [4.78, 5) is 10.3. The first-order valence-electron chi connectivity index (χ1n) is 3.61. The van der Waals surface area contributed by atoms with Gasteiger partial charge in [0.2, 0.25) is 0 Å². The van der Waals surface area contributed by atoms with Crippen molar-refractivity contribution in [3.8, 4) is 0 Å². The fourth-order valence-electron chi connectivity index (χ4n) is 0.933. The van der Waals surface area contributed by atoms with E-state index in [-0.39, 0.29) is 11.2 Å². The van der Waals surface area contributed by atoms with E-state index in [2.05, 4.69) is 15.9 Å². The zero-order chi connectivity index (χ0) is 8.97. The van der Waals surface area contributed by atoms with Crippen LogP contribution in [0.2, 0.25) is 0 Å². The number of hydrogen-bond acceptors (Lipinski definition) is 1. The molecule has 1 atom stereocenters. The van der Waals surface area contributed by atoms with Crippen molar-refractivity contribution in [3.05, 3.63) is 35.9 Å². The molecule has 64 valence electrons. The van der Waals surface area contributed by atoms with Gasteiger partial charge >= 0.3 is 5.97 Å². The van der Waals surface area contributed by atoms with Crippen LogP contribution < -0.4 is 0 Å². The van der Waals surface area contributed by atoms with Gasteiger partial charge in [0.25, 0.3) is 0 Å². The Morgan fingerprint density at radius 2 is 2.00 bits per heavy atom. The van der Waals surface area contributed by atoms with E-state index in [1.54, 1.807) is 0 Å². The van der Waals surface area contributed by atoms with Crippen LogP contribution in [-0.4, -0.2) is 11.1 Å². The lowest BCUT2D eigenvalue weighted by molar-refractivity contribution is -0.136. The second-order valence-electron chi connectivity index (χ2n) is 2.48. The Kier molecular flexibility index (Phi) is 3.29. The second-order valence-corrected chi connectivity index (χ2v) is 3.58. The molecule has 0 aliphatic heterocycles. The SMILES string of the molecule is O=C(O)C[C@H](Br)c1ccccc1. The number of alkyl halides is 1. The number of aliphatic carboxylic acids is 1. The van der Waals surface area contributed by atoms with Gasteiger partial charge in [-0.2, -0.15) is 0 Å². The first-order chi connectivity index (χ1) is 5.70. The molecule has 1 rings (SSSR count). The lowest BCUT2D eigenvalue weighted by Crippen LogP contribution is -1.99. The molecule has 0 spiro atoms. The number of carbonyl (C=O) groups is 1. The Balaban J connectivity index is 2.65. The third-order valence-electron chi connectivity index (χ3n) is 1.52. The van der Waals surface area contributed by atoms with E-state index in [0.29, 0.717) is 0 Å². The van der Waals surface area contributed by atoms with E-state index < -0.39 is 5.97 Å². The van der Waals surface area contributed by atoms with Crippen molar-refractivity contribution in [2.24, 2.45) is 0 Å². The summed E-state index contributed by atoms with van der Waals surface area (Å²) in [5, 5.41) is 8.52. The van der Waals surface area contributed by atoms with Crippen molar-refractivity contribution in [2.45, 2.75) is 11.2 Å². The molecule has 0 fully saturated rings. The lowest BCUT2D eigenvalue weighted by atomic mass is 10.1. The summed E-state index contributed by atoms with van der Waals surface area (Å²) in [6, 6.07) is 9.51. The predicted octanol–water partition coefficient (Wildman–Crippen LogP) is 2.60. The summed E-state index contributed by atoms with van der Waals surface area (Å²) in [5.41, 5.74) is 1.000. The molecule has 0 aliphatic rings. The smallest absolute Gasteiger partial charge is 0.304 e. The van der Waals surface area contributed by atoms with Gasteiger partial charge in [0, 0.05) is 4.83 Å². The van der Waals surface area contributed by atoms with E-state index in [9.17, 15) is 4.79 Å². The number of benzene rings is 1. The Hall–Kier alpha value is -0.830. The zero-order valence-electron chi connectivity index (χ0n) is 6.40. The topological polar surface area (TPSA) is 37.3 Å². The van der Waals surface area contributed by atoms with Crippen LogP contribution in [0.3, 0.4) is 0 Å². The molecule has 12 heavy (non-hydrogen) atoms. The van der Waals surface area contributed by atoms with Crippen molar-refractivity contribution < 1.29 is 9.90 Å². The number of carboxylic acid groups (broad SMARTS) is 1. The van der Waals surface area contributed by atoms with Crippen LogP contribution in [0.5, 0.6) is 0 Å². The van der Waals surface area contributed by atoms with E-state index in [1.165, 1.54) is 0 Å². The maximum atomic E-state index is 10.4. The van der Waals surface area contributed by atoms with Gasteiger partial charge in [-0.05, 0) is 5.56 Å². The fourth-order valence-corrected chi connectivity index (χ4v) is 1.52. The molecule has 0 aromatic heterocycles. The summed E-state index contributed by atoms with van der Waals surface area (Å²) in [6.07, 6.45) is 0.115. The lowest BCUT2D eigenvalue weighted by Gasteiger charge is -2.05. The van der Waals surface area contributed by atoms with Gasteiger partial charge in [0.1, 0.15) is 0 Å². The molecule has 0 aliphatic carbocycles. The average molecular weight is 229 g/mol.